The average Bonchev–Trinajstić information content (AvgIpc) is 2.38. The SMILES string of the molecule is CCCCCCCCCSC[n+]1ccccc1. The zero-order valence-corrected chi connectivity index (χ0v) is 11.9. The summed E-state index contributed by atoms with van der Waals surface area (Å²) < 4.78 is 2.24. The first-order chi connectivity index (χ1) is 8.43. The smallest absolute Gasteiger partial charge is 0.194 e. The van der Waals surface area contributed by atoms with Gasteiger partial charge in [-0.25, -0.2) is 0 Å². The Morgan fingerprint density at radius 2 is 1.47 bits per heavy atom. The summed E-state index contributed by atoms with van der Waals surface area (Å²) in [4.78, 5) is 0. The molecule has 1 rings (SSSR count). The molecular weight excluding hydrogens is 226 g/mol. The van der Waals surface area contributed by atoms with Crippen LogP contribution in [0.15, 0.2) is 30.6 Å². The highest BCUT2D eigenvalue weighted by molar-refractivity contribution is 7.98. The minimum Gasteiger partial charge on any atom is -0.195 e. The summed E-state index contributed by atoms with van der Waals surface area (Å²) in [6, 6.07) is 6.25. The lowest BCUT2D eigenvalue weighted by molar-refractivity contribution is -0.675. The summed E-state index contributed by atoms with van der Waals surface area (Å²) >= 11 is 2.04. The van der Waals surface area contributed by atoms with Crippen molar-refractivity contribution in [3.63, 3.8) is 0 Å². The molecule has 96 valence electrons. The molecule has 0 aliphatic carbocycles. The molecule has 0 atom stereocenters. The Kier molecular flexibility index (Phi) is 9.11. The molecule has 0 bridgehead atoms. The lowest BCUT2D eigenvalue weighted by Crippen LogP contribution is -2.30. The van der Waals surface area contributed by atoms with E-state index in [1.54, 1.807) is 0 Å². The first-order valence-electron chi connectivity index (χ1n) is 6.95. The fourth-order valence-corrected chi connectivity index (χ4v) is 2.77. The zero-order valence-electron chi connectivity index (χ0n) is 11.1. The molecule has 0 saturated carbocycles. The maximum Gasteiger partial charge on any atom is 0.194 e. The van der Waals surface area contributed by atoms with Crippen LogP contribution in [0.2, 0.25) is 0 Å². The first kappa shape index (κ1) is 14.6. The average molecular weight is 252 g/mol. The summed E-state index contributed by atoms with van der Waals surface area (Å²) in [5, 5.41) is 0. The van der Waals surface area contributed by atoms with Gasteiger partial charge in [-0.3, -0.25) is 0 Å². The first-order valence-corrected chi connectivity index (χ1v) is 8.11. The van der Waals surface area contributed by atoms with Crippen LogP contribution in [0.1, 0.15) is 51.9 Å². The maximum absolute atomic E-state index is 2.28. The van der Waals surface area contributed by atoms with E-state index in [1.807, 2.05) is 11.8 Å². The Morgan fingerprint density at radius 1 is 0.824 bits per heavy atom. The molecule has 1 heterocycles. The third kappa shape index (κ3) is 8.25. The van der Waals surface area contributed by atoms with E-state index in [2.05, 4.69) is 42.1 Å². The Hall–Kier alpha value is -0.500. The molecule has 0 unspecified atom stereocenters. The molecule has 0 aliphatic heterocycles. The molecule has 1 aromatic rings. The molecule has 0 amide bonds. The standard InChI is InChI=1S/C15H26NS/c1-2-3-4-5-6-7-11-14-17-15-16-12-9-8-10-13-16/h8-10,12-13H,2-7,11,14-15H2,1H3/q+1. The summed E-state index contributed by atoms with van der Waals surface area (Å²) in [5.41, 5.74) is 0. The number of unbranched alkanes of at least 4 members (excludes halogenated alkanes) is 6. The zero-order chi connectivity index (χ0) is 12.2. The van der Waals surface area contributed by atoms with E-state index < -0.39 is 0 Å². The lowest BCUT2D eigenvalue weighted by atomic mass is 10.1. The fraction of sp³-hybridized carbons (Fsp3) is 0.667. The topological polar surface area (TPSA) is 3.88 Å². The van der Waals surface area contributed by atoms with Crippen molar-refractivity contribution >= 4 is 11.8 Å². The molecule has 0 saturated heterocycles. The molecule has 0 radical (unpaired) electrons. The van der Waals surface area contributed by atoms with Crippen LogP contribution >= 0.6 is 11.8 Å². The van der Waals surface area contributed by atoms with Crippen LogP contribution in [0.5, 0.6) is 0 Å². The molecule has 0 spiro atoms. The van der Waals surface area contributed by atoms with Gasteiger partial charge < -0.3 is 0 Å². The van der Waals surface area contributed by atoms with Gasteiger partial charge in [0.25, 0.3) is 0 Å². The van der Waals surface area contributed by atoms with Crippen molar-refractivity contribution in [1.82, 2.24) is 0 Å². The second-order valence-electron chi connectivity index (χ2n) is 4.55. The Morgan fingerprint density at radius 3 is 2.18 bits per heavy atom. The van der Waals surface area contributed by atoms with E-state index in [1.165, 1.54) is 50.7 Å². The number of aromatic nitrogens is 1. The van der Waals surface area contributed by atoms with Gasteiger partial charge in [0.15, 0.2) is 18.3 Å². The van der Waals surface area contributed by atoms with Crippen molar-refractivity contribution in [1.29, 1.82) is 0 Å². The summed E-state index contributed by atoms with van der Waals surface area (Å²) in [5.74, 6) is 2.40. The highest BCUT2D eigenvalue weighted by atomic mass is 32.2. The van der Waals surface area contributed by atoms with Gasteiger partial charge in [0.1, 0.15) is 0 Å². The van der Waals surface area contributed by atoms with Gasteiger partial charge in [-0.05, 0) is 12.2 Å². The largest absolute Gasteiger partial charge is 0.195 e. The van der Waals surface area contributed by atoms with E-state index in [9.17, 15) is 0 Å². The van der Waals surface area contributed by atoms with Crippen molar-refractivity contribution < 1.29 is 4.57 Å². The second kappa shape index (κ2) is 10.6. The molecule has 2 heteroatoms. The van der Waals surface area contributed by atoms with Gasteiger partial charge in [0.05, 0.1) is 0 Å². The lowest BCUT2D eigenvalue weighted by Gasteiger charge is -2.00. The van der Waals surface area contributed by atoms with Crippen LogP contribution in [-0.2, 0) is 5.88 Å². The molecular formula is C15H26NS+. The minimum atomic E-state index is 1.09. The van der Waals surface area contributed by atoms with Crippen LogP contribution in [0.25, 0.3) is 0 Å². The van der Waals surface area contributed by atoms with Crippen LogP contribution in [0.3, 0.4) is 0 Å². The Bertz CT molecular complexity index is 261. The summed E-state index contributed by atoms with van der Waals surface area (Å²) in [6.45, 7) is 2.28. The second-order valence-corrected chi connectivity index (χ2v) is 5.62. The molecule has 0 N–H and O–H groups in total. The fourth-order valence-electron chi connectivity index (χ4n) is 1.85. The van der Waals surface area contributed by atoms with Crippen molar-refractivity contribution in [3.8, 4) is 0 Å². The molecule has 1 aromatic heterocycles. The molecule has 0 aromatic carbocycles. The summed E-state index contributed by atoms with van der Waals surface area (Å²) in [6.07, 6.45) is 14.1. The maximum atomic E-state index is 2.28. The highest BCUT2D eigenvalue weighted by Crippen LogP contribution is 2.10. The molecule has 17 heavy (non-hydrogen) atoms. The van der Waals surface area contributed by atoms with Crippen molar-refractivity contribution in [2.45, 2.75) is 57.7 Å². The van der Waals surface area contributed by atoms with Crippen molar-refractivity contribution in [2.75, 3.05) is 5.75 Å². The number of hydrogen-bond acceptors (Lipinski definition) is 1. The van der Waals surface area contributed by atoms with E-state index >= 15 is 0 Å². The van der Waals surface area contributed by atoms with Crippen molar-refractivity contribution in [2.24, 2.45) is 0 Å². The van der Waals surface area contributed by atoms with Gasteiger partial charge in [-0.2, -0.15) is 4.57 Å². The predicted octanol–water partition coefficient (Wildman–Crippen LogP) is 4.42. The molecule has 0 aliphatic rings. The van der Waals surface area contributed by atoms with Crippen LogP contribution in [0, 0.1) is 0 Å². The third-order valence-corrected chi connectivity index (χ3v) is 3.97. The van der Waals surface area contributed by atoms with Crippen LogP contribution in [-0.4, -0.2) is 5.75 Å². The van der Waals surface area contributed by atoms with E-state index in [0.29, 0.717) is 0 Å². The van der Waals surface area contributed by atoms with Crippen molar-refractivity contribution in [3.05, 3.63) is 30.6 Å². The van der Waals surface area contributed by atoms with Gasteiger partial charge >= 0.3 is 0 Å². The number of pyridine rings is 1. The monoisotopic (exact) mass is 252 g/mol. The van der Waals surface area contributed by atoms with Crippen LogP contribution in [0.4, 0.5) is 0 Å². The van der Waals surface area contributed by atoms with Gasteiger partial charge in [-0.15, -0.1) is 0 Å². The normalized spacial score (nSPS) is 10.6. The Labute approximate surface area is 111 Å². The highest BCUT2D eigenvalue weighted by Gasteiger charge is 1.97. The third-order valence-electron chi connectivity index (χ3n) is 2.91. The number of rotatable bonds is 10. The van der Waals surface area contributed by atoms with Gasteiger partial charge in [0.2, 0.25) is 0 Å². The van der Waals surface area contributed by atoms with Gasteiger partial charge in [0, 0.05) is 12.1 Å². The predicted molar refractivity (Wildman–Crippen MR) is 77.1 cm³/mol. The van der Waals surface area contributed by atoms with E-state index in [0.717, 1.165) is 5.88 Å². The van der Waals surface area contributed by atoms with Crippen LogP contribution < -0.4 is 4.57 Å². The summed E-state index contributed by atoms with van der Waals surface area (Å²) in [7, 11) is 0. The number of hydrogen-bond donors (Lipinski definition) is 0. The van der Waals surface area contributed by atoms with Gasteiger partial charge in [-0.1, -0.05) is 63.3 Å². The molecule has 1 nitrogen and oxygen atoms in total. The number of thioether (sulfide) groups is 1. The minimum absolute atomic E-state index is 1.09. The van der Waals surface area contributed by atoms with E-state index in [4.69, 9.17) is 0 Å². The quantitative estimate of drug-likeness (QED) is 0.440. The Balaban J connectivity index is 1.85. The van der Waals surface area contributed by atoms with E-state index in [-0.39, 0.29) is 0 Å². The molecule has 0 fully saturated rings. The number of nitrogens with zero attached hydrogens (tertiary/aromatic N) is 1.